The number of hydrogen-bond donors (Lipinski definition) is 1. The largest absolute Gasteiger partial charge is 0.417 e. The minimum atomic E-state index is -5.11. The Morgan fingerprint density at radius 3 is 2.03 bits per heavy atom. The lowest BCUT2D eigenvalue weighted by Gasteiger charge is -2.20. The summed E-state index contributed by atoms with van der Waals surface area (Å²) in [5.41, 5.74) is -2.88. The Labute approximate surface area is 227 Å². The number of hydrogen-bond acceptors (Lipinski definition) is 2. The van der Waals surface area contributed by atoms with E-state index in [0.29, 0.717) is 26.0 Å². The van der Waals surface area contributed by atoms with Crippen LogP contribution in [-0.2, 0) is 6.18 Å². The van der Waals surface area contributed by atoms with Crippen LogP contribution in [0.25, 0.3) is 6.08 Å². The van der Waals surface area contributed by atoms with E-state index < -0.39 is 60.5 Å². The zero-order chi connectivity index (χ0) is 29.1. The number of urea groups is 1. The third-order valence-electron chi connectivity index (χ3n) is 4.89. The average Bonchev–Trinajstić information content (AvgIpc) is 2.74. The summed E-state index contributed by atoms with van der Waals surface area (Å²) >= 11 is 6.17. The summed E-state index contributed by atoms with van der Waals surface area (Å²) in [7, 11) is 0.908. The zero-order valence-electron chi connectivity index (χ0n) is 19.0. The Morgan fingerprint density at radius 1 is 0.947 bits per heavy atom. The van der Waals surface area contributed by atoms with Crippen LogP contribution in [0.2, 0.25) is 0 Å². The number of ketones is 1. The molecule has 2 amide bonds. The van der Waals surface area contributed by atoms with Crippen molar-refractivity contribution in [3.05, 3.63) is 73.7 Å². The number of benzene rings is 2. The van der Waals surface area contributed by atoms with Crippen molar-refractivity contribution in [3.8, 4) is 0 Å². The second-order valence-corrected chi connectivity index (χ2v) is 9.77. The SMILES string of the molecule is CN(CC(=O)c1ccc(/C=C/C(c2cc(Br)cc(Br)c2)C(F)(F)F)cc1C(F)(F)F)C(=O)NCC(F)(F)F. The highest BCUT2D eigenvalue weighted by Gasteiger charge is 2.39. The molecule has 0 saturated carbocycles. The van der Waals surface area contributed by atoms with E-state index in [1.54, 1.807) is 0 Å². The predicted octanol–water partition coefficient (Wildman–Crippen LogP) is 7.98. The highest BCUT2D eigenvalue weighted by Crippen LogP contribution is 2.39. The van der Waals surface area contributed by atoms with Gasteiger partial charge in [0.1, 0.15) is 6.54 Å². The molecule has 2 rings (SSSR count). The number of likely N-dealkylation sites (N-methyl/N-ethyl adjacent to an activating group) is 1. The quantitative estimate of drug-likeness (QED) is 0.238. The number of nitrogens with one attached hydrogen (secondary N) is 1. The van der Waals surface area contributed by atoms with Gasteiger partial charge in [0.2, 0.25) is 0 Å². The molecule has 38 heavy (non-hydrogen) atoms. The van der Waals surface area contributed by atoms with Gasteiger partial charge in [-0.15, -0.1) is 0 Å². The van der Waals surface area contributed by atoms with Gasteiger partial charge in [-0.05, 0) is 35.4 Å². The summed E-state index contributed by atoms with van der Waals surface area (Å²) in [6, 6.07) is 4.74. The minimum Gasteiger partial charge on any atom is -0.329 e. The van der Waals surface area contributed by atoms with Gasteiger partial charge in [0.25, 0.3) is 0 Å². The first kappa shape index (κ1) is 31.7. The van der Waals surface area contributed by atoms with Crippen LogP contribution in [0, 0.1) is 0 Å². The van der Waals surface area contributed by atoms with Crippen molar-refractivity contribution < 1.29 is 49.1 Å². The molecule has 0 spiro atoms. The van der Waals surface area contributed by atoms with Gasteiger partial charge in [-0.1, -0.05) is 56.1 Å². The number of alkyl halides is 9. The van der Waals surface area contributed by atoms with Crippen LogP contribution in [0.4, 0.5) is 44.3 Å². The first-order valence-corrected chi connectivity index (χ1v) is 11.9. The molecule has 0 aliphatic carbocycles. The van der Waals surface area contributed by atoms with E-state index in [-0.39, 0.29) is 11.1 Å². The molecule has 0 fully saturated rings. The number of carbonyl (C=O) groups is 2. The predicted molar refractivity (Wildman–Crippen MR) is 128 cm³/mol. The molecule has 0 aromatic heterocycles. The summed E-state index contributed by atoms with van der Waals surface area (Å²) in [6.45, 7) is -2.70. The third-order valence-corrected chi connectivity index (χ3v) is 5.81. The fourth-order valence-electron chi connectivity index (χ4n) is 3.20. The Kier molecular flexibility index (Phi) is 10.1. The van der Waals surface area contributed by atoms with E-state index in [4.69, 9.17) is 0 Å². The number of amides is 2. The van der Waals surface area contributed by atoms with E-state index in [1.807, 2.05) is 0 Å². The molecular weight excluding hydrogens is 667 g/mol. The zero-order valence-corrected chi connectivity index (χ0v) is 22.2. The number of rotatable bonds is 7. The monoisotopic (exact) mass is 682 g/mol. The van der Waals surface area contributed by atoms with Gasteiger partial charge in [0.05, 0.1) is 18.0 Å². The molecule has 2 aromatic carbocycles. The van der Waals surface area contributed by atoms with Crippen molar-refractivity contribution in [2.45, 2.75) is 24.4 Å². The van der Waals surface area contributed by atoms with Gasteiger partial charge in [0.15, 0.2) is 5.78 Å². The minimum absolute atomic E-state index is 0.190. The summed E-state index contributed by atoms with van der Waals surface area (Å²) in [5.74, 6) is -3.42. The molecular formula is C23H17Br2F9N2O2. The van der Waals surface area contributed by atoms with E-state index in [1.165, 1.54) is 23.5 Å². The van der Waals surface area contributed by atoms with Crippen molar-refractivity contribution in [2.24, 2.45) is 0 Å². The van der Waals surface area contributed by atoms with E-state index in [0.717, 1.165) is 25.3 Å². The summed E-state index contributed by atoms with van der Waals surface area (Å²) in [6.07, 6.45) is -13.1. The van der Waals surface area contributed by atoms with Crippen LogP contribution in [0.5, 0.6) is 0 Å². The van der Waals surface area contributed by atoms with Gasteiger partial charge in [0, 0.05) is 21.6 Å². The van der Waals surface area contributed by atoms with Crippen LogP contribution in [0.15, 0.2) is 51.4 Å². The van der Waals surface area contributed by atoms with Gasteiger partial charge < -0.3 is 10.2 Å². The fourth-order valence-corrected chi connectivity index (χ4v) is 4.53. The second-order valence-electron chi connectivity index (χ2n) is 7.94. The number of nitrogens with zero attached hydrogens (tertiary/aromatic N) is 1. The van der Waals surface area contributed by atoms with Gasteiger partial charge >= 0.3 is 24.6 Å². The lowest BCUT2D eigenvalue weighted by atomic mass is 9.95. The summed E-state index contributed by atoms with van der Waals surface area (Å²) < 4.78 is 120. The molecule has 4 nitrogen and oxygen atoms in total. The number of halogens is 11. The topological polar surface area (TPSA) is 49.4 Å². The third kappa shape index (κ3) is 9.33. The summed E-state index contributed by atoms with van der Waals surface area (Å²) in [4.78, 5) is 24.6. The van der Waals surface area contributed by atoms with Crippen LogP contribution in [0.3, 0.4) is 0 Å². The number of carbonyl (C=O) groups excluding carboxylic acids is 2. The lowest BCUT2D eigenvalue weighted by molar-refractivity contribution is -0.139. The van der Waals surface area contributed by atoms with Gasteiger partial charge in [-0.3, -0.25) is 4.79 Å². The van der Waals surface area contributed by atoms with Crippen LogP contribution < -0.4 is 5.32 Å². The van der Waals surface area contributed by atoms with Crippen molar-refractivity contribution in [1.29, 1.82) is 0 Å². The van der Waals surface area contributed by atoms with Crippen LogP contribution >= 0.6 is 31.9 Å². The fraction of sp³-hybridized carbons (Fsp3) is 0.304. The van der Waals surface area contributed by atoms with Crippen LogP contribution in [-0.4, -0.2) is 49.2 Å². The van der Waals surface area contributed by atoms with E-state index in [2.05, 4.69) is 31.9 Å². The maximum atomic E-state index is 13.7. The molecule has 1 N–H and O–H groups in total. The lowest BCUT2D eigenvalue weighted by Crippen LogP contribution is -2.43. The van der Waals surface area contributed by atoms with E-state index >= 15 is 0 Å². The molecule has 208 valence electrons. The highest BCUT2D eigenvalue weighted by atomic mass is 79.9. The molecule has 0 heterocycles. The van der Waals surface area contributed by atoms with Crippen molar-refractivity contribution >= 4 is 49.8 Å². The first-order valence-electron chi connectivity index (χ1n) is 10.3. The molecule has 0 saturated heterocycles. The highest BCUT2D eigenvalue weighted by molar-refractivity contribution is 9.11. The Hall–Kier alpha value is -2.55. The maximum absolute atomic E-state index is 13.7. The molecule has 0 bridgehead atoms. The molecule has 15 heteroatoms. The first-order chi connectivity index (χ1) is 17.3. The smallest absolute Gasteiger partial charge is 0.329 e. The second kappa shape index (κ2) is 12.1. The molecule has 2 aromatic rings. The van der Waals surface area contributed by atoms with Crippen molar-refractivity contribution in [2.75, 3.05) is 20.1 Å². The Morgan fingerprint density at radius 2 is 1.53 bits per heavy atom. The maximum Gasteiger partial charge on any atom is 0.417 e. The number of allylic oxidation sites excluding steroid dienone is 1. The summed E-state index contributed by atoms with van der Waals surface area (Å²) in [5, 5.41) is 1.47. The Balaban J connectivity index is 2.35. The molecule has 0 aliphatic heterocycles. The molecule has 1 unspecified atom stereocenters. The van der Waals surface area contributed by atoms with Crippen LogP contribution in [0.1, 0.15) is 33.0 Å². The van der Waals surface area contributed by atoms with Crippen molar-refractivity contribution in [1.82, 2.24) is 10.2 Å². The van der Waals surface area contributed by atoms with Gasteiger partial charge in [-0.25, -0.2) is 4.79 Å². The Bertz CT molecular complexity index is 1190. The molecule has 0 radical (unpaired) electrons. The molecule has 1 atom stereocenters. The normalized spacial score (nSPS) is 13.5. The molecule has 0 aliphatic rings. The standard InChI is InChI=1S/C23H17Br2F9N2O2/c1-36(20(38)35-11-21(26,27)28)10-19(37)16-4-2-12(6-18(16)23(32,33)34)3-5-17(22(29,30)31)13-7-14(24)9-15(25)8-13/h2-9,17H,10-11H2,1H3,(H,35,38)/b5-3+. The average molecular weight is 684 g/mol. The van der Waals surface area contributed by atoms with Crippen molar-refractivity contribution in [3.63, 3.8) is 0 Å². The van der Waals surface area contributed by atoms with E-state index in [9.17, 15) is 49.1 Å². The number of Topliss-reactive ketones (excluding diaryl/α,β-unsaturated/α-hetero) is 1. The van der Waals surface area contributed by atoms with Gasteiger partial charge in [-0.2, -0.15) is 39.5 Å².